The van der Waals surface area contributed by atoms with Gasteiger partial charge in [0.05, 0.1) is 23.6 Å². The van der Waals surface area contributed by atoms with Crippen LogP contribution < -0.4 is 11.1 Å². The lowest BCUT2D eigenvalue weighted by atomic mass is 10.2. The molecule has 0 aliphatic rings. The van der Waals surface area contributed by atoms with Crippen LogP contribution in [-0.2, 0) is 0 Å². The minimum absolute atomic E-state index is 0. The fourth-order valence-electron chi connectivity index (χ4n) is 1.18. The van der Waals surface area contributed by atoms with E-state index >= 15 is 0 Å². The standard InChI is InChI=1S/C10H10BrF2N3O3.ClH/c11-8-3-6(16(18)19)1-2-7(8)9(17)15-5-10(12,13)4-14;/h1-3H,4-5,14H2,(H,15,17);1H. The molecular formula is C10H11BrClF2N3O3. The van der Waals surface area contributed by atoms with Crippen LogP contribution in [0.4, 0.5) is 14.5 Å². The van der Waals surface area contributed by atoms with Gasteiger partial charge in [0, 0.05) is 16.6 Å². The Morgan fingerprint density at radius 3 is 2.55 bits per heavy atom. The van der Waals surface area contributed by atoms with Gasteiger partial charge in [-0.25, -0.2) is 8.78 Å². The van der Waals surface area contributed by atoms with Crippen LogP contribution in [-0.4, -0.2) is 29.8 Å². The van der Waals surface area contributed by atoms with Crippen molar-refractivity contribution in [1.29, 1.82) is 0 Å². The number of benzene rings is 1. The van der Waals surface area contributed by atoms with Gasteiger partial charge in [0.15, 0.2) is 0 Å². The summed E-state index contributed by atoms with van der Waals surface area (Å²) in [6.45, 7) is -1.78. The topological polar surface area (TPSA) is 98.3 Å². The number of hydrogen-bond donors (Lipinski definition) is 2. The lowest BCUT2D eigenvalue weighted by molar-refractivity contribution is -0.384. The van der Waals surface area contributed by atoms with E-state index in [2.05, 4.69) is 15.9 Å². The van der Waals surface area contributed by atoms with E-state index in [1.54, 1.807) is 0 Å². The van der Waals surface area contributed by atoms with E-state index in [1.165, 1.54) is 6.07 Å². The number of nitrogens with zero attached hydrogens (tertiary/aromatic N) is 1. The van der Waals surface area contributed by atoms with E-state index in [9.17, 15) is 23.7 Å². The van der Waals surface area contributed by atoms with E-state index in [1.807, 2.05) is 5.32 Å². The van der Waals surface area contributed by atoms with Crippen molar-refractivity contribution in [2.24, 2.45) is 5.73 Å². The van der Waals surface area contributed by atoms with Gasteiger partial charge in [-0.1, -0.05) is 0 Å². The molecule has 0 aromatic heterocycles. The second-order valence-corrected chi connectivity index (χ2v) is 4.52. The summed E-state index contributed by atoms with van der Waals surface area (Å²) in [5, 5.41) is 12.5. The number of nitrogens with one attached hydrogen (secondary N) is 1. The average Bonchev–Trinajstić information content (AvgIpc) is 2.36. The number of rotatable bonds is 5. The highest BCUT2D eigenvalue weighted by atomic mass is 79.9. The van der Waals surface area contributed by atoms with Gasteiger partial charge in [0.1, 0.15) is 0 Å². The molecule has 1 aromatic rings. The summed E-state index contributed by atoms with van der Waals surface area (Å²) in [7, 11) is 0. The zero-order valence-corrected chi connectivity index (χ0v) is 12.3. The van der Waals surface area contributed by atoms with E-state index in [-0.39, 0.29) is 28.1 Å². The minimum atomic E-state index is -3.19. The largest absolute Gasteiger partial charge is 0.346 e. The lowest BCUT2D eigenvalue weighted by Crippen LogP contribution is -2.41. The molecule has 20 heavy (non-hydrogen) atoms. The summed E-state index contributed by atoms with van der Waals surface area (Å²) in [6.07, 6.45) is 0. The molecule has 0 heterocycles. The summed E-state index contributed by atoms with van der Waals surface area (Å²) in [5.74, 6) is -3.96. The Labute approximate surface area is 127 Å². The lowest BCUT2D eigenvalue weighted by Gasteiger charge is -2.14. The Kier molecular flexibility index (Phi) is 6.97. The van der Waals surface area contributed by atoms with Crippen molar-refractivity contribution in [3.05, 3.63) is 38.3 Å². The van der Waals surface area contributed by atoms with Crippen molar-refractivity contribution in [2.45, 2.75) is 5.92 Å². The van der Waals surface area contributed by atoms with Gasteiger partial charge >= 0.3 is 0 Å². The molecule has 1 amide bonds. The van der Waals surface area contributed by atoms with Gasteiger partial charge in [-0.3, -0.25) is 14.9 Å². The van der Waals surface area contributed by atoms with E-state index < -0.39 is 29.8 Å². The van der Waals surface area contributed by atoms with Gasteiger partial charge < -0.3 is 11.1 Å². The SMILES string of the molecule is Cl.NCC(F)(F)CNC(=O)c1ccc([N+](=O)[O-])cc1Br. The molecule has 0 unspecified atom stereocenters. The first-order valence-corrected chi connectivity index (χ1v) is 5.86. The number of alkyl halides is 2. The minimum Gasteiger partial charge on any atom is -0.346 e. The molecule has 112 valence electrons. The van der Waals surface area contributed by atoms with Crippen molar-refractivity contribution in [3.8, 4) is 0 Å². The van der Waals surface area contributed by atoms with Crippen LogP contribution in [0.5, 0.6) is 0 Å². The predicted octanol–water partition coefficient (Wildman–Crippen LogP) is 2.10. The molecule has 3 N–H and O–H groups in total. The van der Waals surface area contributed by atoms with Crippen molar-refractivity contribution in [2.75, 3.05) is 13.1 Å². The third-order valence-corrected chi connectivity index (χ3v) is 2.87. The highest BCUT2D eigenvalue weighted by molar-refractivity contribution is 9.10. The van der Waals surface area contributed by atoms with Gasteiger partial charge in [0.2, 0.25) is 0 Å². The highest BCUT2D eigenvalue weighted by Crippen LogP contribution is 2.23. The molecule has 0 saturated carbocycles. The number of hydrogen-bond acceptors (Lipinski definition) is 4. The van der Waals surface area contributed by atoms with Crippen LogP contribution in [0.2, 0.25) is 0 Å². The van der Waals surface area contributed by atoms with Crippen LogP contribution in [0.3, 0.4) is 0 Å². The third-order valence-electron chi connectivity index (χ3n) is 2.21. The van der Waals surface area contributed by atoms with Crippen molar-refractivity contribution < 1.29 is 18.5 Å². The predicted molar refractivity (Wildman–Crippen MR) is 74.4 cm³/mol. The summed E-state index contributed by atoms with van der Waals surface area (Å²) >= 11 is 2.98. The normalized spacial score (nSPS) is 10.6. The third kappa shape index (κ3) is 4.99. The maximum Gasteiger partial charge on any atom is 0.277 e. The van der Waals surface area contributed by atoms with E-state index in [4.69, 9.17) is 5.73 Å². The molecule has 0 aliphatic carbocycles. The zero-order chi connectivity index (χ0) is 14.6. The molecule has 0 bridgehead atoms. The number of halogens is 4. The molecule has 0 saturated heterocycles. The average molecular weight is 375 g/mol. The number of nitro benzene ring substituents is 1. The monoisotopic (exact) mass is 373 g/mol. The maximum atomic E-state index is 12.9. The second-order valence-electron chi connectivity index (χ2n) is 3.66. The molecule has 0 aliphatic heterocycles. The van der Waals surface area contributed by atoms with Gasteiger partial charge in [-0.2, -0.15) is 0 Å². The first-order chi connectivity index (χ1) is 8.76. The van der Waals surface area contributed by atoms with E-state index in [0.29, 0.717) is 0 Å². The summed E-state index contributed by atoms with van der Waals surface area (Å²) in [6, 6.07) is 3.41. The Morgan fingerprint density at radius 1 is 1.50 bits per heavy atom. The number of nitro groups is 1. The molecule has 10 heteroatoms. The van der Waals surface area contributed by atoms with Crippen LogP contribution in [0.1, 0.15) is 10.4 Å². The summed E-state index contributed by atoms with van der Waals surface area (Å²) in [4.78, 5) is 21.5. The van der Waals surface area contributed by atoms with Crippen molar-refractivity contribution in [3.63, 3.8) is 0 Å². The molecule has 0 atom stereocenters. The Morgan fingerprint density at radius 2 is 2.10 bits per heavy atom. The summed E-state index contributed by atoms with van der Waals surface area (Å²) in [5.41, 5.74) is 4.64. The summed E-state index contributed by atoms with van der Waals surface area (Å²) < 4.78 is 25.9. The first-order valence-electron chi connectivity index (χ1n) is 5.07. The highest BCUT2D eigenvalue weighted by Gasteiger charge is 2.27. The van der Waals surface area contributed by atoms with Gasteiger partial charge in [-0.05, 0) is 22.0 Å². The fourth-order valence-corrected chi connectivity index (χ4v) is 1.73. The molecule has 0 spiro atoms. The maximum absolute atomic E-state index is 12.9. The number of amides is 1. The molecule has 0 fully saturated rings. The zero-order valence-electron chi connectivity index (χ0n) is 9.94. The Balaban J connectivity index is 0.00000361. The smallest absolute Gasteiger partial charge is 0.277 e. The quantitative estimate of drug-likeness (QED) is 0.609. The van der Waals surface area contributed by atoms with Gasteiger partial charge in [0.25, 0.3) is 17.5 Å². The number of nitrogens with two attached hydrogens (primary N) is 1. The molecule has 1 aromatic carbocycles. The van der Waals surface area contributed by atoms with Crippen LogP contribution >= 0.6 is 28.3 Å². The molecule has 1 rings (SSSR count). The fraction of sp³-hybridized carbons (Fsp3) is 0.300. The number of carbonyl (C=O) groups is 1. The van der Waals surface area contributed by atoms with Crippen LogP contribution in [0.15, 0.2) is 22.7 Å². The molecule has 6 nitrogen and oxygen atoms in total. The van der Waals surface area contributed by atoms with Crippen LogP contribution in [0, 0.1) is 10.1 Å². The Bertz CT molecular complexity index is 517. The number of carbonyl (C=O) groups excluding carboxylic acids is 1. The Hall–Kier alpha value is -1.32. The second kappa shape index (κ2) is 7.46. The molecule has 0 radical (unpaired) electrons. The number of non-ortho nitro benzene ring substituents is 1. The van der Waals surface area contributed by atoms with Crippen molar-refractivity contribution >= 4 is 39.9 Å². The van der Waals surface area contributed by atoms with Crippen LogP contribution in [0.25, 0.3) is 0 Å². The van der Waals surface area contributed by atoms with E-state index in [0.717, 1.165) is 12.1 Å². The van der Waals surface area contributed by atoms with Crippen molar-refractivity contribution in [1.82, 2.24) is 5.32 Å². The first kappa shape index (κ1) is 18.7. The molecular weight excluding hydrogens is 363 g/mol. The van der Waals surface area contributed by atoms with Gasteiger partial charge in [-0.15, -0.1) is 12.4 Å².